The molecule has 3 rings (SSSR count). The number of hydrogen-bond acceptors (Lipinski definition) is 5. The van der Waals surface area contributed by atoms with Crippen LogP contribution in [0.2, 0.25) is 0 Å². The van der Waals surface area contributed by atoms with Crippen LogP contribution in [0.3, 0.4) is 0 Å². The lowest BCUT2D eigenvalue weighted by molar-refractivity contribution is 0.287. The Morgan fingerprint density at radius 1 is 1.06 bits per heavy atom. The van der Waals surface area contributed by atoms with Crippen molar-refractivity contribution in [1.29, 1.82) is 0 Å². The first kappa shape index (κ1) is 22.6. The molecule has 2 N–H and O–H groups in total. The van der Waals surface area contributed by atoms with Gasteiger partial charge in [0.2, 0.25) is 0 Å². The van der Waals surface area contributed by atoms with Gasteiger partial charge in [0, 0.05) is 19.2 Å². The second-order valence-electron chi connectivity index (χ2n) is 7.94. The van der Waals surface area contributed by atoms with Gasteiger partial charge in [-0.2, -0.15) is 0 Å². The number of hydrogen-bond donors (Lipinski definition) is 2. The highest BCUT2D eigenvalue weighted by Crippen LogP contribution is 2.15. The lowest BCUT2D eigenvalue weighted by Crippen LogP contribution is -2.36. The Labute approximate surface area is 184 Å². The van der Waals surface area contributed by atoms with Crippen molar-refractivity contribution >= 4 is 5.96 Å². The first-order chi connectivity index (χ1) is 15.0. The standard InChI is InChI=1S/C24H33N5O2/c1-5-25-24(27-15-22-13-23(18(2)3)28-31-22)26-14-19-9-6-7-10-20(19)16-29(4)17-21-11-8-12-30-21/h6-13,18H,5,14-17H2,1-4H3,(H2,25,26,27). The van der Waals surface area contributed by atoms with Crippen LogP contribution in [0.4, 0.5) is 0 Å². The van der Waals surface area contributed by atoms with Crippen LogP contribution in [0, 0.1) is 0 Å². The Bertz CT molecular complexity index is 947. The van der Waals surface area contributed by atoms with E-state index in [-0.39, 0.29) is 0 Å². The van der Waals surface area contributed by atoms with Crippen LogP contribution in [-0.2, 0) is 26.2 Å². The van der Waals surface area contributed by atoms with Crippen molar-refractivity contribution in [2.75, 3.05) is 13.6 Å². The zero-order valence-electron chi connectivity index (χ0n) is 18.9. The van der Waals surface area contributed by atoms with E-state index >= 15 is 0 Å². The summed E-state index contributed by atoms with van der Waals surface area (Å²) in [5, 5.41) is 10.7. The van der Waals surface area contributed by atoms with Gasteiger partial charge in [0.05, 0.1) is 31.6 Å². The van der Waals surface area contributed by atoms with E-state index in [9.17, 15) is 0 Å². The smallest absolute Gasteiger partial charge is 0.191 e. The van der Waals surface area contributed by atoms with Crippen molar-refractivity contribution in [3.05, 3.63) is 77.1 Å². The van der Waals surface area contributed by atoms with E-state index in [0.29, 0.717) is 19.0 Å². The van der Waals surface area contributed by atoms with Gasteiger partial charge in [0.1, 0.15) is 5.76 Å². The van der Waals surface area contributed by atoms with Crippen LogP contribution in [0.5, 0.6) is 0 Å². The third-order valence-corrected chi connectivity index (χ3v) is 4.92. The zero-order valence-corrected chi connectivity index (χ0v) is 18.9. The maximum atomic E-state index is 5.46. The fraction of sp³-hybridized carbons (Fsp3) is 0.417. The highest BCUT2D eigenvalue weighted by molar-refractivity contribution is 5.79. The molecule has 31 heavy (non-hydrogen) atoms. The molecule has 0 amide bonds. The highest BCUT2D eigenvalue weighted by Gasteiger charge is 2.10. The lowest BCUT2D eigenvalue weighted by Gasteiger charge is -2.17. The summed E-state index contributed by atoms with van der Waals surface area (Å²) in [4.78, 5) is 7.02. The van der Waals surface area contributed by atoms with E-state index in [0.717, 1.165) is 42.8 Å². The molecule has 0 bridgehead atoms. The highest BCUT2D eigenvalue weighted by atomic mass is 16.5. The van der Waals surface area contributed by atoms with Crippen LogP contribution < -0.4 is 10.6 Å². The van der Waals surface area contributed by atoms with Gasteiger partial charge in [-0.1, -0.05) is 43.3 Å². The largest absolute Gasteiger partial charge is 0.468 e. The number of aromatic nitrogens is 1. The maximum absolute atomic E-state index is 5.46. The van der Waals surface area contributed by atoms with Gasteiger partial charge in [-0.05, 0) is 43.1 Å². The van der Waals surface area contributed by atoms with Gasteiger partial charge < -0.3 is 19.6 Å². The topological polar surface area (TPSA) is 78.8 Å². The number of nitrogens with one attached hydrogen (secondary N) is 2. The Morgan fingerprint density at radius 2 is 1.87 bits per heavy atom. The summed E-state index contributed by atoms with van der Waals surface area (Å²) >= 11 is 0. The number of guanidine groups is 1. The molecular weight excluding hydrogens is 390 g/mol. The summed E-state index contributed by atoms with van der Waals surface area (Å²) in [7, 11) is 2.09. The summed E-state index contributed by atoms with van der Waals surface area (Å²) in [6.07, 6.45) is 1.71. The molecule has 0 radical (unpaired) electrons. The normalized spacial score (nSPS) is 12.0. The van der Waals surface area contributed by atoms with Gasteiger partial charge >= 0.3 is 0 Å². The number of benzene rings is 1. The molecule has 0 unspecified atom stereocenters. The van der Waals surface area contributed by atoms with Crippen LogP contribution in [0.15, 0.2) is 62.7 Å². The minimum Gasteiger partial charge on any atom is -0.468 e. The molecule has 2 heterocycles. The van der Waals surface area contributed by atoms with Gasteiger partial charge in [-0.15, -0.1) is 0 Å². The summed E-state index contributed by atoms with van der Waals surface area (Å²) in [6.45, 7) is 9.77. The first-order valence-electron chi connectivity index (χ1n) is 10.8. The summed E-state index contributed by atoms with van der Waals surface area (Å²) < 4.78 is 10.9. The minimum atomic E-state index is 0.349. The van der Waals surface area contributed by atoms with Gasteiger partial charge in [0.25, 0.3) is 0 Å². The number of aliphatic imine (C=N–C) groups is 1. The van der Waals surface area contributed by atoms with Gasteiger partial charge in [-0.25, -0.2) is 4.99 Å². The van der Waals surface area contributed by atoms with Crippen molar-refractivity contribution in [2.45, 2.75) is 52.9 Å². The van der Waals surface area contributed by atoms with Gasteiger partial charge in [-0.3, -0.25) is 4.90 Å². The van der Waals surface area contributed by atoms with Crippen molar-refractivity contribution in [2.24, 2.45) is 4.99 Å². The zero-order chi connectivity index (χ0) is 22.1. The predicted octanol–water partition coefficient (Wildman–Crippen LogP) is 4.28. The fourth-order valence-corrected chi connectivity index (χ4v) is 3.24. The molecule has 166 valence electrons. The minimum absolute atomic E-state index is 0.349. The SMILES string of the molecule is CCNC(=NCc1ccccc1CN(C)Cc1ccco1)NCc1cc(C(C)C)no1. The Balaban J connectivity index is 1.61. The Morgan fingerprint density at radius 3 is 2.55 bits per heavy atom. The van der Waals surface area contributed by atoms with Crippen LogP contribution in [0.25, 0.3) is 0 Å². The van der Waals surface area contributed by atoms with Crippen molar-refractivity contribution in [1.82, 2.24) is 20.7 Å². The second-order valence-corrected chi connectivity index (χ2v) is 7.94. The molecule has 3 aromatic rings. The van der Waals surface area contributed by atoms with E-state index in [4.69, 9.17) is 13.9 Å². The first-order valence-corrected chi connectivity index (χ1v) is 10.8. The summed E-state index contributed by atoms with van der Waals surface area (Å²) in [5.74, 6) is 2.87. The molecular formula is C24H33N5O2. The molecule has 0 saturated heterocycles. The van der Waals surface area contributed by atoms with Crippen molar-refractivity contribution in [3.8, 4) is 0 Å². The second kappa shape index (κ2) is 11.4. The summed E-state index contributed by atoms with van der Waals surface area (Å²) in [6, 6.07) is 14.3. The summed E-state index contributed by atoms with van der Waals surface area (Å²) in [5.41, 5.74) is 3.42. The quantitative estimate of drug-likeness (QED) is 0.374. The molecule has 0 aliphatic rings. The average molecular weight is 424 g/mol. The molecule has 1 aromatic carbocycles. The molecule has 0 aliphatic carbocycles. The third-order valence-electron chi connectivity index (χ3n) is 4.92. The van der Waals surface area contributed by atoms with E-state index in [1.54, 1.807) is 6.26 Å². The van der Waals surface area contributed by atoms with Crippen LogP contribution in [0.1, 0.15) is 55.0 Å². The van der Waals surface area contributed by atoms with E-state index in [1.807, 2.05) is 18.2 Å². The molecule has 2 aromatic heterocycles. The molecule has 7 nitrogen and oxygen atoms in total. The van der Waals surface area contributed by atoms with Gasteiger partial charge in [0.15, 0.2) is 11.7 Å². The Kier molecular flexibility index (Phi) is 8.29. The number of furan rings is 1. The lowest BCUT2D eigenvalue weighted by atomic mass is 10.1. The Hall–Kier alpha value is -3.06. The maximum Gasteiger partial charge on any atom is 0.191 e. The monoisotopic (exact) mass is 423 g/mol. The van der Waals surface area contributed by atoms with Crippen molar-refractivity contribution in [3.63, 3.8) is 0 Å². The average Bonchev–Trinajstić information content (AvgIpc) is 3.43. The molecule has 0 spiro atoms. The molecule has 0 atom stereocenters. The van der Waals surface area contributed by atoms with E-state index in [1.165, 1.54) is 11.1 Å². The number of nitrogens with zero attached hydrogens (tertiary/aromatic N) is 3. The van der Waals surface area contributed by atoms with E-state index < -0.39 is 0 Å². The van der Waals surface area contributed by atoms with Crippen LogP contribution >= 0.6 is 0 Å². The van der Waals surface area contributed by atoms with Crippen LogP contribution in [-0.4, -0.2) is 29.6 Å². The molecule has 0 saturated carbocycles. The molecule has 7 heteroatoms. The predicted molar refractivity (Wildman–Crippen MR) is 123 cm³/mol. The third kappa shape index (κ3) is 7.00. The molecule has 0 fully saturated rings. The number of rotatable bonds is 10. The van der Waals surface area contributed by atoms with Crippen molar-refractivity contribution < 1.29 is 8.94 Å². The fourth-order valence-electron chi connectivity index (χ4n) is 3.24. The van der Waals surface area contributed by atoms with E-state index in [2.05, 4.69) is 72.8 Å². The molecule has 0 aliphatic heterocycles.